The molecule has 6 atom stereocenters. The second-order valence-electron chi connectivity index (χ2n) is 10.7. The molecule has 1 unspecified atom stereocenters. The minimum Gasteiger partial charge on any atom is -0.505 e. The van der Waals surface area contributed by atoms with Gasteiger partial charge in [0.2, 0.25) is 17.7 Å². The van der Waals surface area contributed by atoms with Gasteiger partial charge in [-0.05, 0) is 55.9 Å². The second kappa shape index (κ2) is 12.4. The second-order valence-corrected chi connectivity index (χ2v) is 10.7. The Morgan fingerprint density at radius 1 is 1.10 bits per heavy atom. The number of carbonyl (C=O) groups excluding carboxylic acids is 4. The van der Waals surface area contributed by atoms with Crippen LogP contribution in [0.5, 0.6) is 5.75 Å². The van der Waals surface area contributed by atoms with Crippen molar-refractivity contribution in [1.82, 2.24) is 30.8 Å². The number of pyridine rings is 2. The van der Waals surface area contributed by atoms with E-state index in [1.807, 2.05) is 0 Å². The summed E-state index contributed by atoms with van der Waals surface area (Å²) < 4.78 is 0. The van der Waals surface area contributed by atoms with E-state index in [-0.39, 0.29) is 23.8 Å². The average Bonchev–Trinajstić information content (AvgIpc) is 2.91. The molecule has 2 aromatic heterocycles. The fraction of sp³-hybridized carbons (Fsp3) is 0.500. The lowest BCUT2D eigenvalue weighted by Crippen LogP contribution is -2.65. The SMILES string of the molecule is C[C@H]1NC(=O)C(C2CCC2)N(C)C(=O)[C@H](C)[C@H](O)[C@H](Cc2cccnc2)NC(=O)[C@H]1NC(=O)c1ncccc1O. The monoisotopic (exact) mass is 552 g/mol. The van der Waals surface area contributed by atoms with Gasteiger partial charge in [0.1, 0.15) is 17.8 Å². The van der Waals surface area contributed by atoms with Crippen LogP contribution in [0.2, 0.25) is 0 Å². The van der Waals surface area contributed by atoms with Crippen LogP contribution in [-0.4, -0.2) is 86.0 Å². The summed E-state index contributed by atoms with van der Waals surface area (Å²) in [5.74, 6) is -3.73. The Bertz CT molecular complexity index is 1240. The summed E-state index contributed by atoms with van der Waals surface area (Å²) in [6.45, 7) is 3.14. The molecule has 214 valence electrons. The molecule has 4 rings (SSSR count). The Morgan fingerprint density at radius 3 is 2.45 bits per heavy atom. The summed E-state index contributed by atoms with van der Waals surface area (Å²) in [4.78, 5) is 63.2. The van der Waals surface area contributed by atoms with Gasteiger partial charge < -0.3 is 31.1 Å². The maximum atomic E-state index is 13.7. The molecule has 2 aliphatic rings. The predicted octanol–water partition coefficient (Wildman–Crippen LogP) is 0.151. The van der Waals surface area contributed by atoms with Crippen molar-refractivity contribution in [2.75, 3.05) is 7.05 Å². The normalized spacial score (nSPS) is 28.4. The van der Waals surface area contributed by atoms with Crippen LogP contribution in [0.1, 0.15) is 49.2 Å². The van der Waals surface area contributed by atoms with E-state index in [4.69, 9.17) is 0 Å². The molecule has 2 fully saturated rings. The zero-order valence-electron chi connectivity index (χ0n) is 22.8. The third kappa shape index (κ3) is 6.22. The van der Waals surface area contributed by atoms with Crippen LogP contribution in [0.15, 0.2) is 42.9 Å². The van der Waals surface area contributed by atoms with Gasteiger partial charge in [-0.1, -0.05) is 19.4 Å². The van der Waals surface area contributed by atoms with Crippen LogP contribution >= 0.6 is 0 Å². The van der Waals surface area contributed by atoms with Crippen molar-refractivity contribution in [2.45, 2.75) is 69.8 Å². The average molecular weight is 553 g/mol. The molecule has 3 heterocycles. The summed E-state index contributed by atoms with van der Waals surface area (Å²) >= 11 is 0. The maximum Gasteiger partial charge on any atom is 0.274 e. The van der Waals surface area contributed by atoms with E-state index in [0.717, 1.165) is 24.8 Å². The molecule has 40 heavy (non-hydrogen) atoms. The lowest BCUT2D eigenvalue weighted by Gasteiger charge is -2.41. The molecule has 4 amide bonds. The molecule has 1 saturated heterocycles. The lowest BCUT2D eigenvalue weighted by molar-refractivity contribution is -0.149. The number of rotatable bonds is 5. The summed E-state index contributed by atoms with van der Waals surface area (Å²) in [5.41, 5.74) is 0.442. The zero-order chi connectivity index (χ0) is 29.0. The van der Waals surface area contributed by atoms with Crippen LogP contribution in [0.25, 0.3) is 0 Å². The first-order valence-electron chi connectivity index (χ1n) is 13.5. The highest BCUT2D eigenvalue weighted by Crippen LogP contribution is 2.33. The minimum atomic E-state index is -1.31. The standard InChI is InChI=1S/C28H36N6O6/c1-15-24(36)19(13-17-7-5-11-29-14-17)32-25(37)21(33-26(38)22-20(35)10-6-12-30-22)16(2)31-27(39)23(18-8-4-9-18)34(3)28(15)40/h5-7,10-12,14-16,18-19,21,23-24,35-36H,4,8-9,13H2,1-3H3,(H,31,39)(H,32,37)(H,33,38)/t15-,16-,19+,21+,23?,24+/m1/s1. The maximum absolute atomic E-state index is 13.7. The van der Waals surface area contributed by atoms with Crippen LogP contribution in [-0.2, 0) is 20.8 Å². The van der Waals surface area contributed by atoms with Crippen molar-refractivity contribution < 1.29 is 29.4 Å². The Hall–Kier alpha value is -4.06. The van der Waals surface area contributed by atoms with Crippen molar-refractivity contribution in [1.29, 1.82) is 0 Å². The van der Waals surface area contributed by atoms with Gasteiger partial charge in [0.05, 0.1) is 24.1 Å². The number of aliphatic hydroxyl groups excluding tert-OH is 1. The van der Waals surface area contributed by atoms with Crippen LogP contribution in [0, 0.1) is 11.8 Å². The van der Waals surface area contributed by atoms with Crippen LogP contribution in [0.4, 0.5) is 0 Å². The van der Waals surface area contributed by atoms with E-state index in [9.17, 15) is 29.4 Å². The lowest BCUT2D eigenvalue weighted by atomic mass is 9.78. The molecule has 0 spiro atoms. The Morgan fingerprint density at radius 2 is 1.82 bits per heavy atom. The number of aromatic hydroxyl groups is 1. The van der Waals surface area contributed by atoms with Gasteiger partial charge in [0, 0.05) is 25.6 Å². The van der Waals surface area contributed by atoms with E-state index >= 15 is 0 Å². The van der Waals surface area contributed by atoms with Gasteiger partial charge in [0.25, 0.3) is 5.91 Å². The van der Waals surface area contributed by atoms with E-state index in [0.29, 0.717) is 0 Å². The molecule has 1 aliphatic heterocycles. The van der Waals surface area contributed by atoms with Gasteiger partial charge >= 0.3 is 0 Å². The number of amides is 4. The number of aromatic nitrogens is 2. The summed E-state index contributed by atoms with van der Waals surface area (Å²) in [6.07, 6.45) is 5.86. The zero-order valence-corrected chi connectivity index (χ0v) is 22.8. The number of hydrogen-bond donors (Lipinski definition) is 5. The van der Waals surface area contributed by atoms with E-state index in [1.54, 1.807) is 45.4 Å². The predicted molar refractivity (Wildman–Crippen MR) is 144 cm³/mol. The number of aliphatic hydroxyl groups is 1. The Labute approximate surface area is 232 Å². The molecule has 12 nitrogen and oxygen atoms in total. The summed E-state index contributed by atoms with van der Waals surface area (Å²) in [6, 6.07) is 2.35. The van der Waals surface area contributed by atoms with Crippen LogP contribution in [0.3, 0.4) is 0 Å². The molecule has 2 aromatic rings. The number of carbonyl (C=O) groups is 4. The Kier molecular flexibility index (Phi) is 8.98. The fourth-order valence-corrected chi connectivity index (χ4v) is 5.31. The molecule has 1 aliphatic carbocycles. The smallest absolute Gasteiger partial charge is 0.274 e. The summed E-state index contributed by atoms with van der Waals surface area (Å²) in [5, 5.41) is 29.7. The number of nitrogens with one attached hydrogen (secondary N) is 3. The van der Waals surface area contributed by atoms with E-state index < -0.39 is 59.8 Å². The molecule has 0 aromatic carbocycles. The topological polar surface area (TPSA) is 174 Å². The first-order valence-corrected chi connectivity index (χ1v) is 13.5. The van der Waals surface area contributed by atoms with Crippen molar-refractivity contribution in [3.8, 4) is 5.75 Å². The number of hydrogen-bond acceptors (Lipinski definition) is 8. The molecule has 0 bridgehead atoms. The molecule has 12 heteroatoms. The first kappa shape index (κ1) is 28.9. The highest BCUT2D eigenvalue weighted by Gasteiger charge is 2.43. The first-order chi connectivity index (χ1) is 19.1. The van der Waals surface area contributed by atoms with Crippen molar-refractivity contribution in [3.63, 3.8) is 0 Å². The quantitative estimate of drug-likeness (QED) is 0.349. The fourth-order valence-electron chi connectivity index (χ4n) is 5.31. The largest absolute Gasteiger partial charge is 0.505 e. The highest BCUT2D eigenvalue weighted by molar-refractivity contribution is 5.98. The van der Waals surface area contributed by atoms with Crippen molar-refractivity contribution >= 4 is 23.6 Å². The van der Waals surface area contributed by atoms with E-state index in [1.165, 1.54) is 23.2 Å². The summed E-state index contributed by atoms with van der Waals surface area (Å²) in [7, 11) is 1.56. The van der Waals surface area contributed by atoms with Crippen molar-refractivity contribution in [2.24, 2.45) is 11.8 Å². The highest BCUT2D eigenvalue weighted by atomic mass is 16.3. The van der Waals surface area contributed by atoms with Gasteiger partial charge in [-0.15, -0.1) is 0 Å². The van der Waals surface area contributed by atoms with Crippen LogP contribution < -0.4 is 16.0 Å². The van der Waals surface area contributed by atoms with Gasteiger partial charge in [-0.25, -0.2) is 4.98 Å². The van der Waals surface area contributed by atoms with Crippen molar-refractivity contribution in [3.05, 3.63) is 54.1 Å². The van der Waals surface area contributed by atoms with E-state index in [2.05, 4.69) is 25.9 Å². The number of likely N-dealkylation sites (N-methyl/N-ethyl adjacent to an activating group) is 1. The number of nitrogens with zero attached hydrogens (tertiary/aromatic N) is 3. The third-order valence-electron chi connectivity index (χ3n) is 7.89. The molecule has 1 saturated carbocycles. The molecular formula is C28H36N6O6. The third-order valence-corrected chi connectivity index (χ3v) is 7.89. The minimum absolute atomic E-state index is 0.0630. The van der Waals surface area contributed by atoms with Gasteiger partial charge in [-0.3, -0.25) is 24.2 Å². The molecule has 5 N–H and O–H groups in total. The van der Waals surface area contributed by atoms with Gasteiger partial charge in [-0.2, -0.15) is 0 Å². The molecule has 0 radical (unpaired) electrons. The van der Waals surface area contributed by atoms with Gasteiger partial charge in [0.15, 0.2) is 5.69 Å². The molecular weight excluding hydrogens is 516 g/mol. The Balaban J connectivity index is 1.70.